The Hall–Kier alpha value is -2.61. The third kappa shape index (κ3) is 2.28. The first kappa shape index (κ1) is 12.4. The van der Waals surface area contributed by atoms with Crippen molar-refractivity contribution in [1.29, 1.82) is 0 Å². The molecule has 0 spiro atoms. The van der Waals surface area contributed by atoms with Gasteiger partial charge in [0.15, 0.2) is 5.78 Å². The van der Waals surface area contributed by atoms with Gasteiger partial charge in [0.25, 0.3) is 0 Å². The summed E-state index contributed by atoms with van der Waals surface area (Å²) in [6.07, 6.45) is 0.378. The molecule has 2 N–H and O–H groups in total. The fraction of sp³-hybridized carbons (Fsp3) is 0.0556. The van der Waals surface area contributed by atoms with E-state index in [1.165, 1.54) is 0 Å². The second kappa shape index (κ2) is 5.17. The number of carbonyl (C=O) groups is 1. The minimum absolute atomic E-state index is 0.0550. The molecule has 0 amide bonds. The molecule has 0 radical (unpaired) electrons. The van der Waals surface area contributed by atoms with Crippen molar-refractivity contribution in [1.82, 2.24) is 0 Å². The summed E-state index contributed by atoms with van der Waals surface area (Å²) < 4.78 is 0. The van der Waals surface area contributed by atoms with Crippen LogP contribution in [0.15, 0.2) is 66.7 Å². The molecule has 20 heavy (non-hydrogen) atoms. The molecule has 98 valence electrons. The molecule has 0 saturated heterocycles. The van der Waals surface area contributed by atoms with Gasteiger partial charge in [0.05, 0.1) is 5.69 Å². The average Bonchev–Trinajstić information content (AvgIpc) is 2.49. The highest BCUT2D eigenvalue weighted by atomic mass is 16.1. The largest absolute Gasteiger partial charge is 0.398 e. The zero-order chi connectivity index (χ0) is 13.9. The second-order valence-electron chi connectivity index (χ2n) is 4.83. The van der Waals surface area contributed by atoms with Gasteiger partial charge in [-0.15, -0.1) is 0 Å². The number of hydrogen-bond donors (Lipinski definition) is 1. The van der Waals surface area contributed by atoms with Gasteiger partial charge in [-0.3, -0.25) is 4.79 Å². The van der Waals surface area contributed by atoms with Crippen LogP contribution < -0.4 is 5.73 Å². The van der Waals surface area contributed by atoms with E-state index in [2.05, 4.69) is 0 Å². The average molecular weight is 261 g/mol. The Morgan fingerprint density at radius 2 is 1.55 bits per heavy atom. The van der Waals surface area contributed by atoms with E-state index in [0.717, 1.165) is 16.3 Å². The standard InChI is InChI=1S/C18H15NO/c19-18-15-9-5-4-8-14(15)10-11-16(18)17(20)12-13-6-2-1-3-7-13/h1-11H,12,19H2. The smallest absolute Gasteiger partial charge is 0.169 e. The number of anilines is 1. The Balaban J connectivity index is 1.98. The Bertz CT molecular complexity index is 763. The lowest BCUT2D eigenvalue weighted by Crippen LogP contribution is -2.07. The molecule has 0 fully saturated rings. The van der Waals surface area contributed by atoms with Gasteiger partial charge in [-0.1, -0.05) is 60.7 Å². The maximum Gasteiger partial charge on any atom is 0.169 e. The first-order valence-electron chi connectivity index (χ1n) is 6.60. The van der Waals surface area contributed by atoms with Crippen molar-refractivity contribution in [2.24, 2.45) is 0 Å². The molecule has 0 saturated carbocycles. The molecule has 0 aliphatic rings. The number of ketones is 1. The van der Waals surface area contributed by atoms with Gasteiger partial charge in [-0.25, -0.2) is 0 Å². The molecule has 3 rings (SSSR count). The van der Waals surface area contributed by atoms with Gasteiger partial charge >= 0.3 is 0 Å². The lowest BCUT2D eigenvalue weighted by atomic mass is 9.98. The summed E-state index contributed by atoms with van der Waals surface area (Å²) in [5.74, 6) is 0.0550. The van der Waals surface area contributed by atoms with Crippen LogP contribution in [-0.4, -0.2) is 5.78 Å². The van der Waals surface area contributed by atoms with Crippen LogP contribution in [0.2, 0.25) is 0 Å². The summed E-state index contributed by atoms with van der Waals surface area (Å²) in [7, 11) is 0. The maximum atomic E-state index is 12.4. The Morgan fingerprint density at radius 1 is 0.850 bits per heavy atom. The third-order valence-corrected chi connectivity index (χ3v) is 3.48. The van der Waals surface area contributed by atoms with Gasteiger partial charge in [-0.05, 0) is 17.0 Å². The quantitative estimate of drug-likeness (QED) is 0.575. The van der Waals surface area contributed by atoms with Gasteiger partial charge < -0.3 is 5.73 Å². The van der Waals surface area contributed by atoms with Crippen LogP contribution in [0.25, 0.3) is 10.8 Å². The van der Waals surface area contributed by atoms with Crippen molar-refractivity contribution in [2.45, 2.75) is 6.42 Å². The van der Waals surface area contributed by atoms with Crippen LogP contribution in [0.5, 0.6) is 0 Å². The summed E-state index contributed by atoms with van der Waals surface area (Å²) in [5, 5.41) is 1.99. The predicted molar refractivity (Wildman–Crippen MR) is 82.8 cm³/mol. The van der Waals surface area contributed by atoms with Gasteiger partial charge in [0.1, 0.15) is 0 Å². The molecule has 0 atom stereocenters. The molecule has 2 heteroatoms. The number of carbonyl (C=O) groups excluding carboxylic acids is 1. The predicted octanol–water partition coefficient (Wildman–Crippen LogP) is 3.85. The van der Waals surface area contributed by atoms with Crippen LogP contribution in [0, 0.1) is 0 Å². The third-order valence-electron chi connectivity index (χ3n) is 3.48. The number of nitrogens with two attached hydrogens (primary N) is 1. The van der Waals surface area contributed by atoms with E-state index in [9.17, 15) is 4.79 Å². The molecule has 0 unspecified atom stereocenters. The van der Waals surface area contributed by atoms with Crippen molar-refractivity contribution < 1.29 is 4.79 Å². The lowest BCUT2D eigenvalue weighted by molar-refractivity contribution is 0.0994. The van der Waals surface area contributed by atoms with E-state index in [-0.39, 0.29) is 5.78 Å². The molecule has 0 heterocycles. The molecule has 2 nitrogen and oxygen atoms in total. The van der Waals surface area contributed by atoms with Crippen molar-refractivity contribution in [3.05, 3.63) is 77.9 Å². The van der Waals surface area contributed by atoms with E-state index >= 15 is 0 Å². The van der Waals surface area contributed by atoms with Gasteiger partial charge in [0, 0.05) is 17.4 Å². The highest BCUT2D eigenvalue weighted by molar-refractivity contribution is 6.09. The summed E-state index contributed by atoms with van der Waals surface area (Å²) in [4.78, 5) is 12.4. The van der Waals surface area contributed by atoms with Crippen LogP contribution in [0.4, 0.5) is 5.69 Å². The van der Waals surface area contributed by atoms with Crippen molar-refractivity contribution in [3.63, 3.8) is 0 Å². The fourth-order valence-corrected chi connectivity index (χ4v) is 2.42. The van der Waals surface area contributed by atoms with Crippen LogP contribution in [0.1, 0.15) is 15.9 Å². The number of Topliss-reactive ketones (excluding diaryl/α,β-unsaturated/α-hetero) is 1. The monoisotopic (exact) mass is 261 g/mol. The van der Waals surface area contributed by atoms with Crippen LogP contribution in [0.3, 0.4) is 0 Å². The minimum atomic E-state index is 0.0550. The SMILES string of the molecule is Nc1c(C(=O)Cc2ccccc2)ccc2ccccc12. The van der Waals surface area contributed by atoms with E-state index < -0.39 is 0 Å². The number of nitrogen functional groups attached to an aromatic ring is 1. The summed E-state index contributed by atoms with van der Waals surface area (Å²) in [6.45, 7) is 0. The van der Waals surface area contributed by atoms with Crippen LogP contribution >= 0.6 is 0 Å². The number of benzene rings is 3. The molecular weight excluding hydrogens is 246 g/mol. The normalized spacial score (nSPS) is 10.6. The molecular formula is C18H15NO. The van der Waals surface area contributed by atoms with Crippen molar-refractivity contribution in [2.75, 3.05) is 5.73 Å². The Morgan fingerprint density at radius 3 is 2.35 bits per heavy atom. The second-order valence-corrected chi connectivity index (χ2v) is 4.83. The summed E-state index contributed by atoms with van der Waals surface area (Å²) in [6, 6.07) is 21.3. The van der Waals surface area contributed by atoms with Gasteiger partial charge in [0.2, 0.25) is 0 Å². The minimum Gasteiger partial charge on any atom is -0.398 e. The number of fused-ring (bicyclic) bond motifs is 1. The fourth-order valence-electron chi connectivity index (χ4n) is 2.42. The summed E-state index contributed by atoms with van der Waals surface area (Å²) >= 11 is 0. The summed E-state index contributed by atoms with van der Waals surface area (Å²) in [5.41, 5.74) is 8.33. The molecule has 0 aromatic heterocycles. The van der Waals surface area contributed by atoms with Crippen molar-refractivity contribution >= 4 is 22.2 Å². The van der Waals surface area contributed by atoms with E-state index in [0.29, 0.717) is 17.7 Å². The molecule has 0 aliphatic heterocycles. The first-order chi connectivity index (χ1) is 9.75. The zero-order valence-corrected chi connectivity index (χ0v) is 11.0. The topological polar surface area (TPSA) is 43.1 Å². The van der Waals surface area contributed by atoms with Gasteiger partial charge in [-0.2, -0.15) is 0 Å². The number of hydrogen-bond acceptors (Lipinski definition) is 2. The number of rotatable bonds is 3. The Kier molecular flexibility index (Phi) is 3.21. The highest BCUT2D eigenvalue weighted by Crippen LogP contribution is 2.25. The highest BCUT2D eigenvalue weighted by Gasteiger charge is 2.12. The molecule has 0 aliphatic carbocycles. The lowest BCUT2D eigenvalue weighted by Gasteiger charge is -2.08. The van der Waals surface area contributed by atoms with E-state index in [1.54, 1.807) is 0 Å². The van der Waals surface area contributed by atoms with Crippen LogP contribution in [-0.2, 0) is 6.42 Å². The van der Waals surface area contributed by atoms with E-state index in [4.69, 9.17) is 5.73 Å². The molecule has 0 bridgehead atoms. The maximum absolute atomic E-state index is 12.4. The zero-order valence-electron chi connectivity index (χ0n) is 11.0. The Labute approximate surface area is 117 Å². The first-order valence-corrected chi connectivity index (χ1v) is 6.60. The van der Waals surface area contributed by atoms with Crippen molar-refractivity contribution in [3.8, 4) is 0 Å². The molecule has 3 aromatic rings. The molecule has 3 aromatic carbocycles. The van der Waals surface area contributed by atoms with E-state index in [1.807, 2.05) is 66.7 Å².